The van der Waals surface area contributed by atoms with Gasteiger partial charge in [-0.25, -0.2) is 0 Å². The van der Waals surface area contributed by atoms with Gasteiger partial charge in [-0.15, -0.1) is 0 Å². The van der Waals surface area contributed by atoms with Gasteiger partial charge in [0, 0.05) is 13.1 Å². The molecule has 0 aliphatic heterocycles. The minimum atomic E-state index is 0.838. The molecule has 4 heteroatoms. The molecule has 1 saturated carbocycles. The lowest BCUT2D eigenvalue weighted by molar-refractivity contribution is 0.553. The van der Waals surface area contributed by atoms with Crippen LogP contribution in [0.3, 0.4) is 0 Å². The standard InChI is InChI=1S/C14H24ClN3/c1-3-12-14(15)13(18(4-2)17-12)10-16-9-5-6-11-7-8-11/h11,16H,3-10H2,1-2H3. The van der Waals surface area contributed by atoms with Gasteiger partial charge >= 0.3 is 0 Å². The van der Waals surface area contributed by atoms with E-state index < -0.39 is 0 Å². The van der Waals surface area contributed by atoms with Gasteiger partial charge in [-0.2, -0.15) is 5.10 Å². The first-order chi connectivity index (χ1) is 8.76. The first-order valence-corrected chi connectivity index (χ1v) is 7.58. The quantitative estimate of drug-likeness (QED) is 0.733. The number of rotatable bonds is 8. The summed E-state index contributed by atoms with van der Waals surface area (Å²) >= 11 is 6.36. The summed E-state index contributed by atoms with van der Waals surface area (Å²) < 4.78 is 2.02. The van der Waals surface area contributed by atoms with Crippen molar-refractivity contribution >= 4 is 11.6 Å². The number of aromatic nitrogens is 2. The summed E-state index contributed by atoms with van der Waals surface area (Å²) in [6, 6.07) is 0. The van der Waals surface area contributed by atoms with Crippen molar-refractivity contribution < 1.29 is 0 Å². The zero-order valence-corrected chi connectivity index (χ0v) is 12.3. The first kappa shape index (κ1) is 13.9. The van der Waals surface area contributed by atoms with E-state index in [1.807, 2.05) is 4.68 Å². The van der Waals surface area contributed by atoms with Crippen molar-refractivity contribution in [3.63, 3.8) is 0 Å². The van der Waals surface area contributed by atoms with Crippen LogP contribution in [0.2, 0.25) is 5.02 Å². The van der Waals surface area contributed by atoms with Gasteiger partial charge in [0.25, 0.3) is 0 Å². The Morgan fingerprint density at radius 1 is 1.39 bits per heavy atom. The van der Waals surface area contributed by atoms with Crippen molar-refractivity contribution in [3.05, 3.63) is 16.4 Å². The molecular formula is C14H24ClN3. The molecule has 2 rings (SSSR count). The van der Waals surface area contributed by atoms with E-state index in [0.717, 1.165) is 48.4 Å². The van der Waals surface area contributed by atoms with Crippen LogP contribution in [-0.2, 0) is 19.5 Å². The monoisotopic (exact) mass is 269 g/mol. The summed E-state index contributed by atoms with van der Waals surface area (Å²) in [7, 11) is 0. The molecular weight excluding hydrogens is 246 g/mol. The van der Waals surface area contributed by atoms with E-state index in [1.165, 1.54) is 25.7 Å². The van der Waals surface area contributed by atoms with Crippen LogP contribution in [0.25, 0.3) is 0 Å². The fourth-order valence-corrected chi connectivity index (χ4v) is 2.65. The molecule has 102 valence electrons. The summed E-state index contributed by atoms with van der Waals surface area (Å²) in [6.45, 7) is 7.02. The molecule has 1 aromatic heterocycles. The molecule has 0 spiro atoms. The van der Waals surface area contributed by atoms with Crippen LogP contribution in [0.5, 0.6) is 0 Å². The summed E-state index contributed by atoms with van der Waals surface area (Å²) in [4.78, 5) is 0. The van der Waals surface area contributed by atoms with Gasteiger partial charge in [-0.05, 0) is 38.6 Å². The second kappa shape index (κ2) is 6.58. The van der Waals surface area contributed by atoms with Gasteiger partial charge in [0.2, 0.25) is 0 Å². The first-order valence-electron chi connectivity index (χ1n) is 7.21. The zero-order chi connectivity index (χ0) is 13.0. The van der Waals surface area contributed by atoms with Crippen LogP contribution in [-0.4, -0.2) is 16.3 Å². The zero-order valence-electron chi connectivity index (χ0n) is 11.5. The minimum Gasteiger partial charge on any atom is -0.311 e. The molecule has 0 saturated heterocycles. The lowest BCUT2D eigenvalue weighted by Crippen LogP contribution is -2.18. The van der Waals surface area contributed by atoms with Crippen molar-refractivity contribution in [1.29, 1.82) is 0 Å². The van der Waals surface area contributed by atoms with Crippen LogP contribution in [0.1, 0.15) is 50.9 Å². The molecule has 0 unspecified atom stereocenters. The predicted molar refractivity (Wildman–Crippen MR) is 76.0 cm³/mol. The van der Waals surface area contributed by atoms with Crippen molar-refractivity contribution in [2.45, 2.75) is 59.0 Å². The molecule has 1 aromatic rings. The highest BCUT2D eigenvalue weighted by molar-refractivity contribution is 6.31. The molecule has 18 heavy (non-hydrogen) atoms. The van der Waals surface area contributed by atoms with Crippen molar-refractivity contribution in [3.8, 4) is 0 Å². The summed E-state index contributed by atoms with van der Waals surface area (Å²) in [6.07, 6.45) is 6.47. The SMILES string of the molecule is CCc1nn(CC)c(CNCCCC2CC2)c1Cl. The van der Waals surface area contributed by atoms with Crippen LogP contribution >= 0.6 is 11.6 Å². The maximum Gasteiger partial charge on any atom is 0.0863 e. The highest BCUT2D eigenvalue weighted by Crippen LogP contribution is 2.33. The van der Waals surface area contributed by atoms with Gasteiger partial charge in [-0.1, -0.05) is 31.4 Å². The highest BCUT2D eigenvalue weighted by Gasteiger charge is 2.20. The second-order valence-electron chi connectivity index (χ2n) is 5.14. The highest BCUT2D eigenvalue weighted by atomic mass is 35.5. The smallest absolute Gasteiger partial charge is 0.0863 e. The molecule has 0 radical (unpaired) electrons. The molecule has 0 atom stereocenters. The largest absolute Gasteiger partial charge is 0.311 e. The fraction of sp³-hybridized carbons (Fsp3) is 0.786. The third-order valence-corrected chi connectivity index (χ3v) is 4.09. The Balaban J connectivity index is 1.80. The topological polar surface area (TPSA) is 29.9 Å². The van der Waals surface area contributed by atoms with Crippen molar-refractivity contribution in [2.75, 3.05) is 6.54 Å². The van der Waals surface area contributed by atoms with Crippen LogP contribution < -0.4 is 5.32 Å². The van der Waals surface area contributed by atoms with E-state index in [2.05, 4.69) is 24.3 Å². The van der Waals surface area contributed by atoms with Crippen LogP contribution in [0.15, 0.2) is 0 Å². The Morgan fingerprint density at radius 2 is 2.17 bits per heavy atom. The average Bonchev–Trinajstić information content (AvgIpc) is 3.15. The molecule has 1 N–H and O–H groups in total. The Labute approximate surface area is 115 Å². The lowest BCUT2D eigenvalue weighted by Gasteiger charge is -2.07. The number of aryl methyl sites for hydroxylation is 2. The lowest BCUT2D eigenvalue weighted by atomic mass is 10.2. The second-order valence-corrected chi connectivity index (χ2v) is 5.52. The molecule has 0 bridgehead atoms. The summed E-state index contributed by atoms with van der Waals surface area (Å²) in [5, 5.41) is 8.88. The molecule has 1 aliphatic rings. The van der Waals surface area contributed by atoms with E-state index in [9.17, 15) is 0 Å². The molecule has 1 fully saturated rings. The fourth-order valence-electron chi connectivity index (χ4n) is 2.32. The van der Waals surface area contributed by atoms with E-state index in [4.69, 9.17) is 11.6 Å². The molecule has 3 nitrogen and oxygen atoms in total. The van der Waals surface area contributed by atoms with Crippen LogP contribution in [0.4, 0.5) is 0 Å². The Bertz CT molecular complexity index is 383. The Kier molecular flexibility index (Phi) is 5.07. The van der Waals surface area contributed by atoms with E-state index in [1.54, 1.807) is 0 Å². The van der Waals surface area contributed by atoms with Crippen molar-refractivity contribution in [1.82, 2.24) is 15.1 Å². The van der Waals surface area contributed by atoms with Gasteiger partial charge in [0.15, 0.2) is 0 Å². The number of hydrogen-bond donors (Lipinski definition) is 1. The maximum absolute atomic E-state index is 6.36. The maximum atomic E-state index is 6.36. The molecule has 1 heterocycles. The number of nitrogens with one attached hydrogen (secondary N) is 1. The minimum absolute atomic E-state index is 0.838. The Hall–Kier alpha value is -0.540. The Morgan fingerprint density at radius 3 is 2.78 bits per heavy atom. The van der Waals surface area contributed by atoms with Crippen LogP contribution in [0, 0.1) is 5.92 Å². The number of hydrogen-bond acceptors (Lipinski definition) is 2. The summed E-state index contributed by atoms with van der Waals surface area (Å²) in [5.41, 5.74) is 2.16. The van der Waals surface area contributed by atoms with Crippen molar-refractivity contribution in [2.24, 2.45) is 5.92 Å². The summed E-state index contributed by atoms with van der Waals surface area (Å²) in [5.74, 6) is 1.03. The molecule has 0 amide bonds. The third kappa shape index (κ3) is 3.48. The van der Waals surface area contributed by atoms with Gasteiger partial charge in [0.05, 0.1) is 16.4 Å². The van der Waals surface area contributed by atoms with Gasteiger partial charge in [0.1, 0.15) is 0 Å². The number of nitrogens with zero attached hydrogens (tertiary/aromatic N) is 2. The van der Waals surface area contributed by atoms with Gasteiger partial charge < -0.3 is 5.32 Å². The van der Waals surface area contributed by atoms with E-state index in [0.29, 0.717) is 0 Å². The van der Waals surface area contributed by atoms with Gasteiger partial charge in [-0.3, -0.25) is 4.68 Å². The molecule has 1 aliphatic carbocycles. The number of halogens is 1. The average molecular weight is 270 g/mol. The van der Waals surface area contributed by atoms with E-state index in [-0.39, 0.29) is 0 Å². The van der Waals surface area contributed by atoms with E-state index >= 15 is 0 Å². The molecule has 0 aromatic carbocycles. The predicted octanol–water partition coefficient (Wildman–Crippen LogP) is 3.40. The normalized spacial score (nSPS) is 15.3. The third-order valence-electron chi connectivity index (χ3n) is 3.65.